The van der Waals surface area contributed by atoms with Gasteiger partial charge in [-0.25, -0.2) is 9.37 Å². The molecule has 1 amide bonds. The maximum Gasteiger partial charge on any atom is 0.230 e. The lowest BCUT2D eigenvalue weighted by molar-refractivity contribution is -0.115. The lowest BCUT2D eigenvalue weighted by atomic mass is 10.1. The Morgan fingerprint density at radius 1 is 1.18 bits per heavy atom. The third kappa shape index (κ3) is 3.70. The topological polar surface area (TPSA) is 63.5 Å². The molecular formula is C21H16FN3O2S. The molecule has 2 heterocycles. The first-order chi connectivity index (χ1) is 13.5. The van der Waals surface area contributed by atoms with Gasteiger partial charge in [-0.05, 0) is 43.3 Å². The minimum atomic E-state index is -0.295. The zero-order valence-electron chi connectivity index (χ0n) is 15.0. The Kier molecular flexibility index (Phi) is 4.75. The van der Waals surface area contributed by atoms with Crippen LogP contribution in [0.2, 0.25) is 0 Å². The smallest absolute Gasteiger partial charge is 0.230 e. The number of amides is 1. The summed E-state index contributed by atoms with van der Waals surface area (Å²) in [6.07, 6.45) is 2.02. The number of benzene rings is 2. The van der Waals surface area contributed by atoms with E-state index in [1.165, 1.54) is 30.4 Å². The van der Waals surface area contributed by atoms with Crippen LogP contribution in [0.5, 0.6) is 0 Å². The van der Waals surface area contributed by atoms with E-state index in [2.05, 4.69) is 10.3 Å². The van der Waals surface area contributed by atoms with Crippen LogP contribution in [0, 0.1) is 5.82 Å². The van der Waals surface area contributed by atoms with Crippen molar-refractivity contribution >= 4 is 33.7 Å². The van der Waals surface area contributed by atoms with Crippen molar-refractivity contribution in [1.29, 1.82) is 0 Å². The number of thiazole rings is 1. The van der Waals surface area contributed by atoms with E-state index in [1.807, 2.05) is 16.0 Å². The van der Waals surface area contributed by atoms with E-state index in [-0.39, 0.29) is 23.9 Å². The number of aromatic nitrogens is 2. The second-order valence-electron chi connectivity index (χ2n) is 6.37. The first-order valence-electron chi connectivity index (χ1n) is 8.62. The second-order valence-corrected chi connectivity index (χ2v) is 7.21. The summed E-state index contributed by atoms with van der Waals surface area (Å²) in [5.41, 5.74) is 3.48. The van der Waals surface area contributed by atoms with Gasteiger partial charge in [0, 0.05) is 34.1 Å². The zero-order valence-corrected chi connectivity index (χ0v) is 15.8. The van der Waals surface area contributed by atoms with E-state index < -0.39 is 0 Å². The first-order valence-corrected chi connectivity index (χ1v) is 9.50. The fraction of sp³-hybridized carbons (Fsp3) is 0.0952. The third-order valence-electron chi connectivity index (χ3n) is 4.32. The lowest BCUT2D eigenvalue weighted by Gasteiger charge is -2.06. The molecule has 140 valence electrons. The Morgan fingerprint density at radius 2 is 1.96 bits per heavy atom. The molecule has 0 bridgehead atoms. The third-order valence-corrected chi connectivity index (χ3v) is 5.21. The highest BCUT2D eigenvalue weighted by Gasteiger charge is 2.13. The minimum absolute atomic E-state index is 0.0534. The number of imidazole rings is 1. The summed E-state index contributed by atoms with van der Waals surface area (Å²) in [5.74, 6) is -0.532. The van der Waals surface area contributed by atoms with Crippen molar-refractivity contribution in [2.75, 3.05) is 5.32 Å². The Labute approximate surface area is 164 Å². The largest absolute Gasteiger partial charge is 0.326 e. The minimum Gasteiger partial charge on any atom is -0.326 e. The second kappa shape index (κ2) is 7.36. The number of halogens is 1. The predicted octanol–water partition coefficient (Wildman–Crippen LogP) is 4.59. The molecule has 28 heavy (non-hydrogen) atoms. The number of carbonyl (C=O) groups is 2. The van der Waals surface area contributed by atoms with Crippen molar-refractivity contribution in [1.82, 2.24) is 9.38 Å². The molecule has 2 aromatic carbocycles. The molecule has 0 saturated heterocycles. The molecule has 0 radical (unpaired) electrons. The molecule has 0 aliphatic carbocycles. The molecule has 5 nitrogen and oxygen atoms in total. The SMILES string of the molecule is CC(=O)c1cccc(NC(=O)Cc2csc3nc(-c4ccc(F)cc4)cn23)c1. The maximum atomic E-state index is 13.1. The Balaban J connectivity index is 1.53. The number of nitrogens with one attached hydrogen (secondary N) is 1. The predicted molar refractivity (Wildman–Crippen MR) is 107 cm³/mol. The van der Waals surface area contributed by atoms with Gasteiger partial charge in [0.1, 0.15) is 5.82 Å². The summed E-state index contributed by atoms with van der Waals surface area (Å²) in [7, 11) is 0. The molecule has 0 aliphatic rings. The number of hydrogen-bond acceptors (Lipinski definition) is 4. The van der Waals surface area contributed by atoms with Crippen LogP contribution in [0.1, 0.15) is 23.0 Å². The molecule has 0 spiro atoms. The lowest BCUT2D eigenvalue weighted by Crippen LogP contribution is -2.15. The first kappa shape index (κ1) is 18.1. The van der Waals surface area contributed by atoms with E-state index in [1.54, 1.807) is 36.4 Å². The molecule has 0 unspecified atom stereocenters. The number of anilines is 1. The van der Waals surface area contributed by atoms with Gasteiger partial charge in [0.25, 0.3) is 0 Å². The molecule has 4 aromatic rings. The molecule has 1 N–H and O–H groups in total. The molecule has 2 aromatic heterocycles. The average Bonchev–Trinajstić information content (AvgIpc) is 3.24. The van der Waals surface area contributed by atoms with E-state index in [0.29, 0.717) is 11.3 Å². The summed E-state index contributed by atoms with van der Waals surface area (Å²) in [5, 5.41) is 4.71. The highest BCUT2D eigenvalue weighted by molar-refractivity contribution is 7.15. The van der Waals surface area contributed by atoms with Gasteiger partial charge in [0.05, 0.1) is 12.1 Å². The number of Topliss-reactive ketones (excluding diaryl/α,β-unsaturated/α-hetero) is 1. The van der Waals surface area contributed by atoms with E-state index >= 15 is 0 Å². The summed E-state index contributed by atoms with van der Waals surface area (Å²) < 4.78 is 15.0. The van der Waals surface area contributed by atoms with Gasteiger partial charge in [-0.1, -0.05) is 12.1 Å². The van der Waals surface area contributed by atoms with Crippen molar-refractivity contribution in [3.05, 3.63) is 77.2 Å². The van der Waals surface area contributed by atoms with Crippen LogP contribution in [0.3, 0.4) is 0 Å². The molecule has 0 aliphatic heterocycles. The highest BCUT2D eigenvalue weighted by atomic mass is 32.1. The fourth-order valence-electron chi connectivity index (χ4n) is 2.90. The normalized spacial score (nSPS) is 10.9. The van der Waals surface area contributed by atoms with Crippen molar-refractivity contribution < 1.29 is 14.0 Å². The standard InChI is InChI=1S/C21H16FN3O2S/c1-13(26)15-3-2-4-17(9-15)23-20(27)10-18-12-28-21-24-19(11-25(18)21)14-5-7-16(22)8-6-14/h2-9,11-12H,10H2,1H3,(H,23,27). The van der Waals surface area contributed by atoms with Gasteiger partial charge in [-0.3, -0.25) is 14.0 Å². The summed E-state index contributed by atoms with van der Waals surface area (Å²) in [6.45, 7) is 1.49. The van der Waals surface area contributed by atoms with Gasteiger partial charge >= 0.3 is 0 Å². The van der Waals surface area contributed by atoms with Crippen LogP contribution < -0.4 is 5.32 Å². The van der Waals surface area contributed by atoms with Gasteiger partial charge in [0.2, 0.25) is 5.91 Å². The Bertz CT molecular complexity index is 1180. The van der Waals surface area contributed by atoms with Crippen molar-refractivity contribution in [3.8, 4) is 11.3 Å². The van der Waals surface area contributed by atoms with Crippen LogP contribution in [0.4, 0.5) is 10.1 Å². The van der Waals surface area contributed by atoms with Crippen molar-refractivity contribution in [2.24, 2.45) is 0 Å². The van der Waals surface area contributed by atoms with Crippen LogP contribution in [0.15, 0.2) is 60.1 Å². The number of rotatable bonds is 5. The number of fused-ring (bicyclic) bond motifs is 1. The molecule has 0 atom stereocenters. The average molecular weight is 393 g/mol. The fourth-order valence-corrected chi connectivity index (χ4v) is 3.77. The van der Waals surface area contributed by atoms with Crippen molar-refractivity contribution in [2.45, 2.75) is 13.3 Å². The van der Waals surface area contributed by atoms with Crippen LogP contribution >= 0.6 is 11.3 Å². The quantitative estimate of drug-likeness (QED) is 0.505. The molecule has 4 rings (SSSR count). The van der Waals surface area contributed by atoms with Crippen molar-refractivity contribution in [3.63, 3.8) is 0 Å². The monoisotopic (exact) mass is 393 g/mol. The van der Waals surface area contributed by atoms with Crippen LogP contribution in [-0.4, -0.2) is 21.1 Å². The number of hydrogen-bond donors (Lipinski definition) is 1. The van der Waals surface area contributed by atoms with Gasteiger partial charge in [-0.15, -0.1) is 11.3 Å². The molecular weight excluding hydrogens is 377 g/mol. The van der Waals surface area contributed by atoms with E-state index in [4.69, 9.17) is 0 Å². The molecule has 0 fully saturated rings. The summed E-state index contributed by atoms with van der Waals surface area (Å²) in [6, 6.07) is 13.0. The molecule has 7 heteroatoms. The number of carbonyl (C=O) groups excluding carboxylic acids is 2. The van der Waals surface area contributed by atoms with Crippen LogP contribution in [-0.2, 0) is 11.2 Å². The van der Waals surface area contributed by atoms with E-state index in [9.17, 15) is 14.0 Å². The Hall–Kier alpha value is -3.32. The zero-order chi connectivity index (χ0) is 19.7. The van der Waals surface area contributed by atoms with E-state index in [0.717, 1.165) is 21.9 Å². The highest BCUT2D eigenvalue weighted by Crippen LogP contribution is 2.24. The van der Waals surface area contributed by atoms with Crippen LogP contribution in [0.25, 0.3) is 16.2 Å². The van der Waals surface area contributed by atoms with Gasteiger partial charge < -0.3 is 5.32 Å². The summed E-state index contributed by atoms with van der Waals surface area (Å²) in [4.78, 5) is 29.2. The Morgan fingerprint density at radius 3 is 2.71 bits per heavy atom. The molecule has 0 saturated carbocycles. The number of nitrogens with zero attached hydrogens (tertiary/aromatic N) is 2. The maximum absolute atomic E-state index is 13.1. The summed E-state index contributed by atoms with van der Waals surface area (Å²) >= 11 is 1.44. The van der Waals surface area contributed by atoms with Gasteiger partial charge in [-0.2, -0.15) is 0 Å². The number of ketones is 1. The van der Waals surface area contributed by atoms with Gasteiger partial charge in [0.15, 0.2) is 10.7 Å².